The van der Waals surface area contributed by atoms with E-state index >= 15 is 0 Å². The standard InChI is InChI=1S/C30H27NO6/c1-17-16-18(29(33)34)13-14-19(17)22-8-2-9-23-24(28(30(35)36)31-27(22)23)10-5-15-37-26-12-4-6-20-21(26)7-3-11-25(20)32/h2,4,6,8-9,12-14,16,31H,3,5,7,10-11,15H2,1H3,(H,33,34)(H,35,36). The summed E-state index contributed by atoms with van der Waals surface area (Å²) < 4.78 is 6.04. The Hall–Kier alpha value is -4.39. The third-order valence-electron chi connectivity index (χ3n) is 7.01. The van der Waals surface area contributed by atoms with Crippen molar-refractivity contribution in [2.75, 3.05) is 6.61 Å². The van der Waals surface area contributed by atoms with Crippen molar-refractivity contribution in [3.8, 4) is 16.9 Å². The average molecular weight is 498 g/mol. The highest BCUT2D eigenvalue weighted by molar-refractivity contribution is 6.03. The molecule has 0 radical (unpaired) electrons. The fourth-order valence-electron chi connectivity index (χ4n) is 5.25. The maximum absolute atomic E-state index is 12.2. The molecule has 1 heterocycles. The molecule has 4 aromatic rings. The van der Waals surface area contributed by atoms with Crippen LogP contribution in [0.4, 0.5) is 0 Å². The van der Waals surface area contributed by atoms with Crippen molar-refractivity contribution in [1.82, 2.24) is 4.98 Å². The van der Waals surface area contributed by atoms with E-state index in [4.69, 9.17) is 4.74 Å². The van der Waals surface area contributed by atoms with Crippen LogP contribution in [-0.4, -0.2) is 39.5 Å². The number of rotatable bonds is 8. The van der Waals surface area contributed by atoms with Crippen LogP contribution in [-0.2, 0) is 12.8 Å². The normalized spacial score (nSPS) is 12.9. The summed E-state index contributed by atoms with van der Waals surface area (Å²) in [5, 5.41) is 20.0. The molecule has 7 heteroatoms. The molecular formula is C30H27NO6. The summed E-state index contributed by atoms with van der Waals surface area (Å²) in [4.78, 5) is 38.8. The van der Waals surface area contributed by atoms with Crippen LogP contribution in [0.15, 0.2) is 54.6 Å². The van der Waals surface area contributed by atoms with Gasteiger partial charge < -0.3 is 19.9 Å². The highest BCUT2D eigenvalue weighted by Crippen LogP contribution is 2.35. The Labute approximate surface area is 213 Å². The number of aryl methyl sites for hydroxylation is 2. The van der Waals surface area contributed by atoms with Gasteiger partial charge in [-0.15, -0.1) is 0 Å². The number of nitrogens with one attached hydrogen (secondary N) is 1. The van der Waals surface area contributed by atoms with E-state index in [2.05, 4.69) is 4.98 Å². The number of carbonyl (C=O) groups excluding carboxylic acids is 1. The van der Waals surface area contributed by atoms with Crippen molar-refractivity contribution in [3.05, 3.63) is 88.1 Å². The average Bonchev–Trinajstić information content (AvgIpc) is 3.26. The van der Waals surface area contributed by atoms with Gasteiger partial charge in [0.1, 0.15) is 11.4 Å². The summed E-state index contributed by atoms with van der Waals surface area (Å²) >= 11 is 0. The minimum absolute atomic E-state index is 0.143. The molecule has 0 atom stereocenters. The Balaban J connectivity index is 1.41. The number of ether oxygens (including phenoxy) is 1. The second-order valence-electron chi connectivity index (χ2n) is 9.36. The molecule has 0 aliphatic heterocycles. The second-order valence-corrected chi connectivity index (χ2v) is 9.36. The number of ketones is 1. The Morgan fingerprint density at radius 3 is 2.49 bits per heavy atom. The van der Waals surface area contributed by atoms with Crippen LogP contribution >= 0.6 is 0 Å². The van der Waals surface area contributed by atoms with E-state index in [9.17, 15) is 24.6 Å². The van der Waals surface area contributed by atoms with Crippen LogP contribution in [0.2, 0.25) is 0 Å². The molecule has 0 spiro atoms. The number of aromatic amines is 1. The minimum Gasteiger partial charge on any atom is -0.493 e. The van der Waals surface area contributed by atoms with Gasteiger partial charge in [0.25, 0.3) is 0 Å². The van der Waals surface area contributed by atoms with Crippen molar-refractivity contribution in [2.24, 2.45) is 0 Å². The molecule has 1 aliphatic rings. The highest BCUT2D eigenvalue weighted by Gasteiger charge is 2.22. The molecular weight excluding hydrogens is 470 g/mol. The first kappa shape index (κ1) is 24.3. The highest BCUT2D eigenvalue weighted by atomic mass is 16.5. The fourth-order valence-corrected chi connectivity index (χ4v) is 5.25. The van der Waals surface area contributed by atoms with E-state index in [0.717, 1.165) is 51.8 Å². The minimum atomic E-state index is -1.04. The van der Waals surface area contributed by atoms with Gasteiger partial charge in [0.2, 0.25) is 0 Å². The van der Waals surface area contributed by atoms with Gasteiger partial charge in [-0.2, -0.15) is 0 Å². The number of Topliss-reactive ketones (excluding diaryl/α,β-unsaturated/α-hetero) is 1. The monoisotopic (exact) mass is 497 g/mol. The van der Waals surface area contributed by atoms with E-state index in [1.54, 1.807) is 18.2 Å². The smallest absolute Gasteiger partial charge is 0.352 e. The molecule has 1 aliphatic carbocycles. The number of aromatic carboxylic acids is 2. The third-order valence-corrected chi connectivity index (χ3v) is 7.01. The summed E-state index contributed by atoms with van der Waals surface area (Å²) in [6.45, 7) is 2.24. The molecule has 0 unspecified atom stereocenters. The van der Waals surface area contributed by atoms with Crippen LogP contribution in [0.5, 0.6) is 5.75 Å². The third kappa shape index (κ3) is 4.60. The number of para-hydroxylation sites is 1. The van der Waals surface area contributed by atoms with E-state index in [1.165, 1.54) is 0 Å². The molecule has 7 nitrogen and oxygen atoms in total. The molecule has 3 aromatic carbocycles. The van der Waals surface area contributed by atoms with Crippen LogP contribution in [0.3, 0.4) is 0 Å². The van der Waals surface area contributed by atoms with Crippen molar-refractivity contribution < 1.29 is 29.3 Å². The molecule has 0 saturated carbocycles. The Morgan fingerprint density at radius 1 is 0.946 bits per heavy atom. The number of benzene rings is 3. The van der Waals surface area contributed by atoms with Crippen molar-refractivity contribution >= 4 is 28.6 Å². The molecule has 3 N–H and O–H groups in total. The predicted octanol–water partition coefficient (Wildman–Crippen LogP) is 6.07. The Morgan fingerprint density at radius 2 is 1.73 bits per heavy atom. The van der Waals surface area contributed by atoms with E-state index in [1.807, 2.05) is 43.3 Å². The maximum Gasteiger partial charge on any atom is 0.352 e. The first-order chi connectivity index (χ1) is 17.8. The van der Waals surface area contributed by atoms with Gasteiger partial charge in [0.15, 0.2) is 5.78 Å². The topological polar surface area (TPSA) is 117 Å². The number of carbonyl (C=O) groups is 3. The lowest BCUT2D eigenvalue weighted by Crippen LogP contribution is -2.13. The zero-order valence-electron chi connectivity index (χ0n) is 20.5. The van der Waals surface area contributed by atoms with E-state index in [-0.39, 0.29) is 17.0 Å². The van der Waals surface area contributed by atoms with Crippen LogP contribution in [0, 0.1) is 6.92 Å². The van der Waals surface area contributed by atoms with E-state index in [0.29, 0.717) is 36.9 Å². The zero-order valence-corrected chi connectivity index (χ0v) is 20.5. The van der Waals surface area contributed by atoms with Gasteiger partial charge in [-0.25, -0.2) is 9.59 Å². The number of hydrogen-bond donors (Lipinski definition) is 3. The van der Waals surface area contributed by atoms with Gasteiger partial charge in [-0.05, 0) is 67.5 Å². The summed E-state index contributed by atoms with van der Waals surface area (Å²) in [5.74, 6) is -1.15. The van der Waals surface area contributed by atoms with Crippen molar-refractivity contribution in [1.29, 1.82) is 0 Å². The lowest BCUT2D eigenvalue weighted by molar-refractivity contribution is 0.0682. The molecule has 37 heavy (non-hydrogen) atoms. The molecule has 0 bridgehead atoms. The SMILES string of the molecule is Cc1cc(C(=O)O)ccc1-c1cccc2c(CCCOc3cccc4c3CCCC4=O)c(C(=O)O)[nH]c12. The number of fused-ring (bicyclic) bond motifs is 2. The first-order valence-electron chi connectivity index (χ1n) is 12.3. The van der Waals surface area contributed by atoms with Gasteiger partial charge in [0.05, 0.1) is 17.7 Å². The van der Waals surface area contributed by atoms with E-state index < -0.39 is 11.9 Å². The summed E-state index contributed by atoms with van der Waals surface area (Å²) in [6.07, 6.45) is 3.31. The number of carboxylic acids is 2. The van der Waals surface area contributed by atoms with Crippen LogP contribution < -0.4 is 4.74 Å². The molecule has 0 saturated heterocycles. The van der Waals surface area contributed by atoms with Crippen LogP contribution in [0.25, 0.3) is 22.0 Å². The summed E-state index contributed by atoms with van der Waals surface area (Å²) in [5.41, 5.74) is 5.92. The second kappa shape index (κ2) is 9.93. The fraction of sp³-hybridized carbons (Fsp3) is 0.233. The van der Waals surface area contributed by atoms with Gasteiger partial charge in [-0.1, -0.05) is 36.4 Å². The Kier molecular flexibility index (Phi) is 6.53. The first-order valence-corrected chi connectivity index (χ1v) is 12.3. The number of aromatic nitrogens is 1. The lowest BCUT2D eigenvalue weighted by atomic mass is 9.90. The number of hydrogen-bond acceptors (Lipinski definition) is 4. The maximum atomic E-state index is 12.2. The molecule has 5 rings (SSSR count). The number of H-pyrrole nitrogens is 1. The lowest BCUT2D eigenvalue weighted by Gasteiger charge is -2.18. The van der Waals surface area contributed by atoms with Gasteiger partial charge >= 0.3 is 11.9 Å². The predicted molar refractivity (Wildman–Crippen MR) is 140 cm³/mol. The van der Waals surface area contributed by atoms with Gasteiger partial charge in [0, 0.05) is 28.5 Å². The molecule has 0 amide bonds. The Bertz CT molecular complexity index is 1550. The summed E-state index contributed by atoms with van der Waals surface area (Å²) in [6, 6.07) is 16.2. The largest absolute Gasteiger partial charge is 0.493 e. The van der Waals surface area contributed by atoms with Crippen LogP contribution in [0.1, 0.15) is 67.2 Å². The molecule has 0 fully saturated rings. The number of carboxylic acid groups (broad SMARTS) is 2. The van der Waals surface area contributed by atoms with Crippen molar-refractivity contribution in [3.63, 3.8) is 0 Å². The molecule has 188 valence electrons. The zero-order chi connectivity index (χ0) is 26.1. The van der Waals surface area contributed by atoms with Gasteiger partial charge in [-0.3, -0.25) is 4.79 Å². The van der Waals surface area contributed by atoms with Crippen molar-refractivity contribution in [2.45, 2.75) is 39.0 Å². The quantitative estimate of drug-likeness (QED) is 0.254. The molecule has 1 aromatic heterocycles. The summed E-state index contributed by atoms with van der Waals surface area (Å²) in [7, 11) is 0.